The average molecular weight is 793 g/mol. The standard InChI is InChI=1S/C39H43ClN4O10.C2H6/c1-21-9-7-11-30(51-6)39(48)19-29(52-33(46)20-39)23(3)36-38(4,54-36)31(18-32(45)43(5)28-17-24(15-21)16-22(2)34(28)40)53-37(47)42-26-12-13-27(44(49)50)25-10-8-14-41-35(25)26;1-2/h7-14,16-17,23,29-31,36,48H,15,18-20H2,1-6H3,(H,42,47);1-2H3/b11-7+,21-9+;/t23-,29+,30-,31+,36+,38+,39-;/m1./s1. The van der Waals surface area contributed by atoms with Gasteiger partial charge in [0, 0.05) is 38.8 Å². The third-order valence-corrected chi connectivity index (χ3v) is 11.1. The zero-order valence-corrected chi connectivity index (χ0v) is 33.6. The van der Waals surface area contributed by atoms with Gasteiger partial charge in [0.2, 0.25) is 5.91 Å². The number of carbonyl (C=O) groups is 3. The fourth-order valence-electron chi connectivity index (χ4n) is 7.58. The van der Waals surface area contributed by atoms with Gasteiger partial charge in [-0.3, -0.25) is 30.0 Å². The molecule has 6 rings (SSSR count). The number of aliphatic hydroxyl groups is 1. The van der Waals surface area contributed by atoms with E-state index < -0.39 is 64.4 Å². The Bertz CT molecular complexity index is 2070. The third-order valence-electron chi connectivity index (χ3n) is 10.6. The van der Waals surface area contributed by atoms with Gasteiger partial charge in [-0.25, -0.2) is 4.79 Å². The second kappa shape index (κ2) is 17.1. The Hall–Kier alpha value is -4.89. The van der Waals surface area contributed by atoms with E-state index in [1.165, 1.54) is 36.4 Å². The summed E-state index contributed by atoms with van der Waals surface area (Å²) >= 11 is 6.77. The topological polar surface area (TPSA) is 183 Å². The summed E-state index contributed by atoms with van der Waals surface area (Å²) in [5.41, 5.74) is 0.421. The monoisotopic (exact) mass is 792 g/mol. The molecule has 3 aliphatic heterocycles. The smallest absolute Gasteiger partial charge is 0.412 e. The van der Waals surface area contributed by atoms with Crippen LogP contribution in [-0.2, 0) is 35.0 Å². The van der Waals surface area contributed by atoms with Gasteiger partial charge in [-0.15, -0.1) is 0 Å². The Morgan fingerprint density at radius 3 is 2.62 bits per heavy atom. The number of carbonyl (C=O) groups excluding carboxylic acids is 3. The molecule has 2 N–H and O–H groups in total. The lowest BCUT2D eigenvalue weighted by Gasteiger charge is -2.41. The average Bonchev–Trinajstić information content (AvgIpc) is 3.86. The molecule has 2 amide bonds. The van der Waals surface area contributed by atoms with Crippen LogP contribution in [0.15, 0.2) is 66.4 Å². The van der Waals surface area contributed by atoms with Crippen molar-refractivity contribution in [3.05, 3.63) is 92.7 Å². The van der Waals surface area contributed by atoms with E-state index in [9.17, 15) is 29.6 Å². The molecule has 15 heteroatoms. The number of nitrogens with zero attached hydrogens (tertiary/aromatic N) is 3. The van der Waals surface area contributed by atoms with Gasteiger partial charge in [-0.2, -0.15) is 0 Å². The van der Waals surface area contributed by atoms with E-state index in [2.05, 4.69) is 10.3 Å². The molecule has 2 aromatic carbocycles. The summed E-state index contributed by atoms with van der Waals surface area (Å²) in [7, 11) is 3.06. The zero-order chi connectivity index (χ0) is 41.1. The van der Waals surface area contributed by atoms with Crippen molar-refractivity contribution in [2.45, 2.75) is 103 Å². The van der Waals surface area contributed by atoms with E-state index in [4.69, 9.17) is 30.5 Å². The second-order valence-electron chi connectivity index (χ2n) is 14.5. The first-order chi connectivity index (χ1) is 26.5. The van der Waals surface area contributed by atoms with Crippen molar-refractivity contribution < 1.29 is 43.4 Å². The van der Waals surface area contributed by atoms with Crippen LogP contribution >= 0.6 is 11.6 Å². The number of hydrogen-bond acceptors (Lipinski definition) is 11. The quantitative estimate of drug-likeness (QED) is 0.116. The molecule has 0 unspecified atom stereocenters. The summed E-state index contributed by atoms with van der Waals surface area (Å²) in [5.74, 6) is -1.54. The van der Waals surface area contributed by atoms with Crippen molar-refractivity contribution in [1.29, 1.82) is 0 Å². The van der Waals surface area contributed by atoms with Crippen molar-refractivity contribution in [3.63, 3.8) is 0 Å². The number of aromatic nitrogens is 1. The normalized spacial score (nSPS) is 29.4. The lowest BCUT2D eigenvalue weighted by atomic mass is 9.78. The summed E-state index contributed by atoms with van der Waals surface area (Å²) in [6, 6.07) is 9.47. The number of halogens is 1. The molecule has 3 aromatic rings. The van der Waals surface area contributed by atoms with Gasteiger partial charge in [0.1, 0.15) is 35.0 Å². The lowest BCUT2D eigenvalue weighted by molar-refractivity contribution is -0.383. The van der Waals surface area contributed by atoms with Crippen LogP contribution in [0.2, 0.25) is 5.02 Å². The van der Waals surface area contributed by atoms with Gasteiger partial charge in [0.05, 0.1) is 45.7 Å². The fraction of sp³-hybridized carbons (Fsp3) is 0.463. The number of nitrogens with one attached hydrogen (secondary N) is 1. The Morgan fingerprint density at radius 2 is 1.93 bits per heavy atom. The summed E-state index contributed by atoms with van der Waals surface area (Å²) in [6.07, 6.45) is 2.36. The summed E-state index contributed by atoms with van der Waals surface area (Å²) in [6.45, 7) is 11.3. The van der Waals surface area contributed by atoms with Crippen LogP contribution in [0.5, 0.6) is 0 Å². The maximum Gasteiger partial charge on any atom is 0.412 e. The molecule has 0 saturated carbocycles. The third kappa shape index (κ3) is 8.73. The van der Waals surface area contributed by atoms with Crippen molar-refractivity contribution in [1.82, 2.24) is 4.98 Å². The summed E-state index contributed by atoms with van der Waals surface area (Å²) in [5, 5.41) is 26.7. The van der Waals surface area contributed by atoms with Crippen molar-refractivity contribution in [2.24, 2.45) is 5.92 Å². The number of nitro groups is 1. The van der Waals surface area contributed by atoms with E-state index in [0.717, 1.165) is 16.7 Å². The first-order valence-corrected chi connectivity index (χ1v) is 18.9. The number of pyridine rings is 1. The van der Waals surface area contributed by atoms with Crippen LogP contribution < -0.4 is 10.2 Å². The number of esters is 1. The number of epoxide rings is 1. The number of aryl methyl sites for hydroxylation is 1. The molecule has 0 radical (unpaired) electrons. The molecule has 1 aromatic heterocycles. The first kappa shape index (κ1) is 42.3. The molecule has 4 heterocycles. The number of ether oxygens (including phenoxy) is 4. The van der Waals surface area contributed by atoms with E-state index in [1.807, 2.05) is 45.9 Å². The number of fused-ring (bicyclic) bond motifs is 6. The van der Waals surface area contributed by atoms with E-state index in [1.54, 1.807) is 39.1 Å². The van der Waals surface area contributed by atoms with Crippen LogP contribution in [-0.4, -0.2) is 82.8 Å². The zero-order valence-electron chi connectivity index (χ0n) is 32.8. The number of benzene rings is 2. The predicted molar refractivity (Wildman–Crippen MR) is 212 cm³/mol. The van der Waals surface area contributed by atoms with E-state index in [-0.39, 0.29) is 41.5 Å². The molecule has 7 atom stereocenters. The molecule has 2 saturated heterocycles. The number of methoxy groups -OCH3 is 1. The maximum absolute atomic E-state index is 14.1. The van der Waals surface area contributed by atoms with Crippen molar-refractivity contribution in [3.8, 4) is 0 Å². The van der Waals surface area contributed by atoms with Gasteiger partial charge in [0.15, 0.2) is 0 Å². The Balaban J connectivity index is 0.00000295. The number of non-ortho nitro benzene ring substituents is 1. The van der Waals surface area contributed by atoms with Crippen LogP contribution in [0.3, 0.4) is 0 Å². The highest BCUT2D eigenvalue weighted by Crippen LogP contribution is 2.49. The Morgan fingerprint density at radius 1 is 1.20 bits per heavy atom. The van der Waals surface area contributed by atoms with Crippen LogP contribution in [0.4, 0.5) is 21.9 Å². The summed E-state index contributed by atoms with van der Waals surface area (Å²) < 4.78 is 23.7. The number of nitro benzene ring substituents is 1. The molecule has 2 fully saturated rings. The molecule has 4 bridgehead atoms. The van der Waals surface area contributed by atoms with Crippen molar-refractivity contribution in [2.75, 3.05) is 24.4 Å². The number of amides is 2. The molecule has 3 aliphatic rings. The minimum Gasteiger partial charge on any atom is -0.462 e. The summed E-state index contributed by atoms with van der Waals surface area (Å²) in [4.78, 5) is 57.5. The number of hydrogen-bond donors (Lipinski definition) is 2. The highest BCUT2D eigenvalue weighted by Gasteiger charge is 2.64. The Kier molecular flexibility index (Phi) is 12.9. The van der Waals surface area contributed by atoms with Gasteiger partial charge in [-0.1, -0.05) is 62.2 Å². The predicted octanol–water partition coefficient (Wildman–Crippen LogP) is 7.41. The molecule has 0 aliphatic carbocycles. The van der Waals surface area contributed by atoms with Crippen LogP contribution in [0, 0.1) is 23.0 Å². The number of rotatable bonds is 4. The minimum atomic E-state index is -1.59. The van der Waals surface area contributed by atoms with Gasteiger partial charge >= 0.3 is 12.1 Å². The van der Waals surface area contributed by atoms with Gasteiger partial charge < -0.3 is 29.0 Å². The number of anilines is 2. The molecule has 0 spiro atoms. The highest BCUT2D eigenvalue weighted by atomic mass is 35.5. The minimum absolute atomic E-state index is 0.0406. The fourth-order valence-corrected chi connectivity index (χ4v) is 7.82. The van der Waals surface area contributed by atoms with Crippen molar-refractivity contribution >= 4 is 57.5 Å². The lowest BCUT2D eigenvalue weighted by Crippen LogP contribution is -2.53. The van der Waals surface area contributed by atoms with Gasteiger partial charge in [-0.05, 0) is 62.6 Å². The van der Waals surface area contributed by atoms with Crippen LogP contribution in [0.1, 0.15) is 65.0 Å². The maximum atomic E-state index is 14.1. The highest BCUT2D eigenvalue weighted by molar-refractivity contribution is 6.34. The largest absolute Gasteiger partial charge is 0.462 e. The molecular weight excluding hydrogens is 744 g/mol. The molecule has 56 heavy (non-hydrogen) atoms. The van der Waals surface area contributed by atoms with Crippen LogP contribution in [0.25, 0.3) is 10.9 Å². The molecular formula is C41H49ClN4O10. The first-order valence-electron chi connectivity index (χ1n) is 18.6. The number of allylic oxidation sites excluding steroid dienone is 3. The SMILES string of the molecule is CC.CO[C@@H]1/C=C/C=C(\C)Cc2cc(C)c(Cl)c(c2)N(C)C(=O)C[C@H](OC(=O)Nc2ccc([N+](=O)[O-])c3cccnc23)[C@]2(C)O[C@H]2[C@H](C)[C@@H]2C[C@@]1(O)CC(=O)O2. The van der Waals surface area contributed by atoms with E-state index in [0.29, 0.717) is 17.1 Å². The Labute approximate surface area is 330 Å². The second-order valence-corrected chi connectivity index (χ2v) is 14.9. The van der Waals surface area contributed by atoms with E-state index >= 15 is 0 Å². The molecule has 14 nitrogen and oxygen atoms in total. The van der Waals surface area contributed by atoms with Gasteiger partial charge in [0.25, 0.3) is 5.69 Å². The molecule has 300 valence electrons.